The Labute approximate surface area is 273 Å². The van der Waals surface area contributed by atoms with Crippen LogP contribution in [0, 0.1) is 29.5 Å². The van der Waals surface area contributed by atoms with Crippen LogP contribution >= 0.6 is 0 Å². The fourth-order valence-corrected chi connectivity index (χ4v) is 5.84. The van der Waals surface area contributed by atoms with Crippen molar-refractivity contribution < 1.29 is 37.7 Å². The second-order valence-electron chi connectivity index (χ2n) is 13.6. The minimum absolute atomic E-state index is 0.144. The molecule has 1 amide bonds. The van der Waals surface area contributed by atoms with Gasteiger partial charge in [0.25, 0.3) is 0 Å². The Balaban J connectivity index is 1.76. The van der Waals surface area contributed by atoms with Gasteiger partial charge in [-0.05, 0) is 37.0 Å². The molecule has 7 atom stereocenters. The standard InChI is InChI=1S/C34H56FN3O8/c1-21(2)12-9-13-22(3)14-10-15-23(4)16-11-17-24(5)18-19-43-34(42)37-31-28(35)20-38(33(41)36-31)32-30(46-27(8)40)29(25(6)44-32)45-26(7)39/h20-25,29-30,32H,9-19H2,1-8H3,(H,36,37,41,42). The molecule has 46 heavy (non-hydrogen) atoms. The zero-order chi connectivity index (χ0) is 34.4. The number of nitrogens with zero attached hydrogens (tertiary/aromatic N) is 2. The van der Waals surface area contributed by atoms with Gasteiger partial charge in [0, 0.05) is 13.8 Å². The Bertz CT molecular complexity index is 1180. The van der Waals surface area contributed by atoms with Crippen molar-refractivity contribution in [3.8, 4) is 0 Å². The number of halogens is 1. The van der Waals surface area contributed by atoms with Crippen molar-refractivity contribution >= 4 is 23.8 Å². The number of esters is 2. The first kappa shape index (κ1) is 39.2. The van der Waals surface area contributed by atoms with E-state index in [4.69, 9.17) is 18.9 Å². The molecule has 0 saturated carbocycles. The molecule has 1 N–H and O–H groups in total. The van der Waals surface area contributed by atoms with E-state index in [9.17, 15) is 23.6 Å². The minimum Gasteiger partial charge on any atom is -0.456 e. The molecule has 1 aliphatic rings. The van der Waals surface area contributed by atoms with Gasteiger partial charge >= 0.3 is 23.7 Å². The number of amides is 1. The predicted octanol–water partition coefficient (Wildman–Crippen LogP) is 7.18. The van der Waals surface area contributed by atoms with Gasteiger partial charge in [0.1, 0.15) is 0 Å². The van der Waals surface area contributed by atoms with Gasteiger partial charge in [-0.2, -0.15) is 4.98 Å². The molecular formula is C34H56FN3O8. The Morgan fingerprint density at radius 2 is 1.37 bits per heavy atom. The molecule has 1 fully saturated rings. The van der Waals surface area contributed by atoms with Gasteiger partial charge in [-0.25, -0.2) is 14.0 Å². The summed E-state index contributed by atoms with van der Waals surface area (Å²) in [6.07, 6.45) is 7.35. The number of carbonyl (C=O) groups excluding carboxylic acids is 3. The van der Waals surface area contributed by atoms with Gasteiger partial charge in [-0.1, -0.05) is 92.4 Å². The summed E-state index contributed by atoms with van der Waals surface area (Å²) < 4.78 is 37.1. The molecule has 2 heterocycles. The summed E-state index contributed by atoms with van der Waals surface area (Å²) in [6.45, 7) is 15.4. The zero-order valence-corrected chi connectivity index (χ0v) is 29.0. The van der Waals surface area contributed by atoms with Gasteiger partial charge in [-0.3, -0.25) is 19.5 Å². The molecule has 12 heteroatoms. The van der Waals surface area contributed by atoms with Gasteiger partial charge in [0.15, 0.2) is 30.1 Å². The first-order chi connectivity index (χ1) is 21.7. The lowest BCUT2D eigenvalue weighted by Gasteiger charge is -2.23. The van der Waals surface area contributed by atoms with Crippen molar-refractivity contribution in [1.82, 2.24) is 9.55 Å². The number of ether oxygens (including phenoxy) is 4. The van der Waals surface area contributed by atoms with Crippen LogP contribution in [0.15, 0.2) is 11.0 Å². The lowest BCUT2D eigenvalue weighted by atomic mass is 9.91. The Hall–Kier alpha value is -3.02. The van der Waals surface area contributed by atoms with E-state index >= 15 is 0 Å². The highest BCUT2D eigenvalue weighted by Gasteiger charge is 2.48. The van der Waals surface area contributed by atoms with E-state index in [1.807, 2.05) is 0 Å². The second-order valence-corrected chi connectivity index (χ2v) is 13.6. The second kappa shape index (κ2) is 19.6. The van der Waals surface area contributed by atoms with Gasteiger partial charge in [-0.15, -0.1) is 0 Å². The summed E-state index contributed by atoms with van der Waals surface area (Å²) in [5.74, 6) is -0.351. The van der Waals surface area contributed by atoms with Crippen LogP contribution < -0.4 is 11.0 Å². The van der Waals surface area contributed by atoms with E-state index in [1.165, 1.54) is 51.9 Å². The molecule has 0 spiro atoms. The topological polar surface area (TPSA) is 135 Å². The third-order valence-electron chi connectivity index (χ3n) is 8.54. The molecule has 1 saturated heterocycles. The molecule has 1 aromatic rings. The molecule has 0 bridgehead atoms. The maximum absolute atomic E-state index is 14.9. The summed E-state index contributed by atoms with van der Waals surface area (Å²) in [6, 6.07) is 0. The number of hydrogen-bond donors (Lipinski definition) is 1. The van der Waals surface area contributed by atoms with E-state index in [0.29, 0.717) is 18.3 Å². The fraction of sp³-hybridized carbons (Fsp3) is 0.794. The molecule has 11 nitrogen and oxygen atoms in total. The van der Waals surface area contributed by atoms with Crippen molar-refractivity contribution in [2.45, 2.75) is 144 Å². The van der Waals surface area contributed by atoms with Crippen molar-refractivity contribution in [1.29, 1.82) is 0 Å². The van der Waals surface area contributed by atoms with Crippen molar-refractivity contribution in [3.63, 3.8) is 0 Å². The normalized spacial score (nSPS) is 21.4. The highest BCUT2D eigenvalue weighted by atomic mass is 19.1. The smallest absolute Gasteiger partial charge is 0.412 e. The predicted molar refractivity (Wildman–Crippen MR) is 173 cm³/mol. The van der Waals surface area contributed by atoms with E-state index in [1.54, 1.807) is 6.92 Å². The summed E-state index contributed by atoms with van der Waals surface area (Å²) in [7, 11) is 0. The molecule has 2 rings (SSSR count). The quantitative estimate of drug-likeness (QED) is 0.122. The SMILES string of the molecule is CC(=O)OC1C(C)OC(n2cc(F)c(NC(=O)OCCC(C)CCCC(C)CCCC(C)CCCC(C)C)nc2=O)C1OC(C)=O. The van der Waals surface area contributed by atoms with Crippen molar-refractivity contribution in [2.24, 2.45) is 23.7 Å². The van der Waals surface area contributed by atoms with Crippen molar-refractivity contribution in [3.05, 3.63) is 22.5 Å². The van der Waals surface area contributed by atoms with Crippen molar-refractivity contribution in [2.75, 3.05) is 11.9 Å². The maximum atomic E-state index is 14.9. The third-order valence-corrected chi connectivity index (χ3v) is 8.54. The summed E-state index contributed by atoms with van der Waals surface area (Å²) in [4.78, 5) is 52.0. The summed E-state index contributed by atoms with van der Waals surface area (Å²) >= 11 is 0. The number of hydrogen-bond acceptors (Lipinski definition) is 9. The van der Waals surface area contributed by atoms with Gasteiger partial charge < -0.3 is 18.9 Å². The number of rotatable bonds is 19. The highest BCUT2D eigenvalue weighted by molar-refractivity contribution is 5.83. The Morgan fingerprint density at radius 1 is 0.870 bits per heavy atom. The van der Waals surface area contributed by atoms with Crippen LogP contribution in [-0.2, 0) is 28.5 Å². The molecule has 0 aromatic carbocycles. The van der Waals surface area contributed by atoms with E-state index in [2.05, 4.69) is 44.9 Å². The monoisotopic (exact) mass is 653 g/mol. The van der Waals surface area contributed by atoms with E-state index in [0.717, 1.165) is 42.4 Å². The molecule has 7 unspecified atom stereocenters. The number of aromatic nitrogens is 2. The zero-order valence-electron chi connectivity index (χ0n) is 29.0. The largest absolute Gasteiger partial charge is 0.456 e. The molecule has 1 aromatic heterocycles. The lowest BCUT2D eigenvalue weighted by molar-refractivity contribution is -0.165. The number of carbonyl (C=O) groups is 3. The molecular weight excluding hydrogens is 597 g/mol. The van der Waals surface area contributed by atoms with Crippen LogP contribution in [-0.4, -0.2) is 52.5 Å². The average Bonchev–Trinajstić information content (AvgIpc) is 3.23. The van der Waals surface area contributed by atoms with Crippen LogP contribution in [0.3, 0.4) is 0 Å². The minimum atomic E-state index is -1.31. The molecule has 0 radical (unpaired) electrons. The first-order valence-corrected chi connectivity index (χ1v) is 16.9. The summed E-state index contributed by atoms with van der Waals surface area (Å²) in [5, 5.41) is 2.17. The van der Waals surface area contributed by atoms with E-state index < -0.39 is 59.9 Å². The Morgan fingerprint density at radius 3 is 1.89 bits per heavy atom. The van der Waals surface area contributed by atoms with Crippen LogP contribution in [0.2, 0.25) is 0 Å². The average molecular weight is 654 g/mol. The van der Waals surface area contributed by atoms with Gasteiger partial charge in [0.2, 0.25) is 0 Å². The van der Waals surface area contributed by atoms with Crippen LogP contribution in [0.1, 0.15) is 126 Å². The fourth-order valence-electron chi connectivity index (χ4n) is 5.84. The van der Waals surface area contributed by atoms with Gasteiger partial charge in [0.05, 0.1) is 18.9 Å². The first-order valence-electron chi connectivity index (χ1n) is 16.9. The van der Waals surface area contributed by atoms with Crippen LogP contribution in [0.4, 0.5) is 15.0 Å². The number of anilines is 1. The third kappa shape index (κ3) is 13.8. The lowest BCUT2D eigenvalue weighted by Crippen LogP contribution is -2.40. The highest BCUT2D eigenvalue weighted by Crippen LogP contribution is 2.33. The molecule has 0 aliphatic carbocycles. The van der Waals surface area contributed by atoms with Crippen LogP contribution in [0.25, 0.3) is 0 Å². The molecule has 1 aliphatic heterocycles. The Kier molecular flexibility index (Phi) is 16.7. The number of nitrogens with one attached hydrogen (secondary N) is 1. The molecule has 262 valence electrons. The summed E-state index contributed by atoms with van der Waals surface area (Å²) in [5.41, 5.74) is -0.978. The van der Waals surface area contributed by atoms with E-state index in [-0.39, 0.29) is 6.61 Å². The maximum Gasteiger partial charge on any atom is 0.412 e. The van der Waals surface area contributed by atoms with Crippen LogP contribution in [0.5, 0.6) is 0 Å².